The van der Waals surface area contributed by atoms with Crippen LogP contribution in [-0.2, 0) is 22.6 Å². The first kappa shape index (κ1) is 22.2. The lowest BCUT2D eigenvalue weighted by atomic mass is 10.2. The van der Waals surface area contributed by atoms with Crippen LogP contribution < -0.4 is 16.6 Å². The minimum absolute atomic E-state index is 0.0960. The molecule has 0 aliphatic heterocycles. The third kappa shape index (κ3) is 4.75. The molecule has 33 heavy (non-hydrogen) atoms. The first-order valence-corrected chi connectivity index (χ1v) is 11.0. The Kier molecular flexibility index (Phi) is 6.45. The van der Waals surface area contributed by atoms with Crippen molar-refractivity contribution < 1.29 is 14.3 Å². The summed E-state index contributed by atoms with van der Waals surface area (Å²) in [4.78, 5) is 55.6. The molecular weight excluding hydrogens is 444 g/mol. The Morgan fingerprint density at radius 1 is 1.06 bits per heavy atom. The second kappa shape index (κ2) is 9.61. The number of carbonyl (C=O) groups is 2. The number of nitrogens with zero attached hydrogens (tertiary/aromatic N) is 3. The van der Waals surface area contributed by atoms with Crippen LogP contribution in [0.2, 0.25) is 0 Å². The van der Waals surface area contributed by atoms with Gasteiger partial charge in [-0.3, -0.25) is 18.7 Å². The second-order valence-electron chi connectivity index (χ2n) is 7.06. The SMILES string of the molecule is CCOC(=O)c1ccc(NC(=O)Cn2c(=O)n(Cc3cccs3)c(=O)c3ncccc32)cc1. The smallest absolute Gasteiger partial charge is 0.338 e. The lowest BCUT2D eigenvalue weighted by molar-refractivity contribution is -0.116. The minimum Gasteiger partial charge on any atom is -0.462 e. The van der Waals surface area contributed by atoms with Gasteiger partial charge in [-0.2, -0.15) is 0 Å². The molecule has 9 nitrogen and oxygen atoms in total. The van der Waals surface area contributed by atoms with Crippen molar-refractivity contribution in [3.63, 3.8) is 0 Å². The van der Waals surface area contributed by atoms with Crippen molar-refractivity contribution in [1.82, 2.24) is 14.1 Å². The first-order chi connectivity index (χ1) is 16.0. The average Bonchev–Trinajstić information content (AvgIpc) is 3.33. The number of aromatic nitrogens is 3. The highest BCUT2D eigenvalue weighted by molar-refractivity contribution is 7.09. The van der Waals surface area contributed by atoms with Crippen LogP contribution in [0.5, 0.6) is 0 Å². The summed E-state index contributed by atoms with van der Waals surface area (Å²) in [5, 5.41) is 4.56. The van der Waals surface area contributed by atoms with Crippen LogP contribution in [0.1, 0.15) is 22.2 Å². The van der Waals surface area contributed by atoms with Crippen molar-refractivity contribution in [1.29, 1.82) is 0 Å². The molecule has 4 rings (SSSR count). The van der Waals surface area contributed by atoms with Gasteiger partial charge in [0, 0.05) is 16.8 Å². The Labute approximate surface area is 191 Å². The molecule has 3 heterocycles. The van der Waals surface area contributed by atoms with Crippen molar-refractivity contribution in [3.8, 4) is 0 Å². The van der Waals surface area contributed by atoms with Crippen LogP contribution in [0, 0.1) is 0 Å². The van der Waals surface area contributed by atoms with E-state index in [4.69, 9.17) is 4.74 Å². The molecule has 4 aromatic rings. The molecule has 10 heteroatoms. The molecule has 0 atom stereocenters. The van der Waals surface area contributed by atoms with Crippen LogP contribution in [-0.4, -0.2) is 32.6 Å². The Morgan fingerprint density at radius 2 is 1.85 bits per heavy atom. The largest absolute Gasteiger partial charge is 0.462 e. The monoisotopic (exact) mass is 464 g/mol. The number of benzene rings is 1. The standard InChI is InChI=1S/C23H20N4O5S/c1-2-32-22(30)15-7-9-16(10-8-15)25-19(28)14-26-18-6-3-11-24-20(18)21(29)27(23(26)31)13-17-5-4-12-33-17/h3-12H,2,13-14H2,1H3,(H,25,28). The van der Waals surface area contributed by atoms with Gasteiger partial charge in [0.1, 0.15) is 6.54 Å². The molecule has 0 aliphatic carbocycles. The predicted octanol–water partition coefficient (Wildman–Crippen LogP) is 2.48. The molecule has 1 aromatic carbocycles. The maximum Gasteiger partial charge on any atom is 0.338 e. The average molecular weight is 465 g/mol. The summed E-state index contributed by atoms with van der Waals surface area (Å²) < 4.78 is 7.26. The van der Waals surface area contributed by atoms with Crippen molar-refractivity contribution in [2.75, 3.05) is 11.9 Å². The van der Waals surface area contributed by atoms with Gasteiger partial charge in [0.05, 0.1) is 24.2 Å². The Bertz CT molecular complexity index is 1420. The van der Waals surface area contributed by atoms with Gasteiger partial charge in [0.2, 0.25) is 5.91 Å². The molecule has 0 fully saturated rings. The van der Waals surface area contributed by atoms with Crippen LogP contribution in [0.25, 0.3) is 11.0 Å². The summed E-state index contributed by atoms with van der Waals surface area (Å²) in [6, 6.07) is 13.1. The van der Waals surface area contributed by atoms with Gasteiger partial charge in [-0.05, 0) is 54.8 Å². The number of ether oxygens (including phenoxy) is 1. The number of rotatable bonds is 7. The number of hydrogen-bond donors (Lipinski definition) is 1. The van der Waals surface area contributed by atoms with E-state index in [9.17, 15) is 19.2 Å². The summed E-state index contributed by atoms with van der Waals surface area (Å²) in [5.41, 5.74) is 0.110. The molecule has 0 radical (unpaired) electrons. The Balaban J connectivity index is 1.63. The molecule has 1 amide bonds. The summed E-state index contributed by atoms with van der Waals surface area (Å²) in [7, 11) is 0. The fourth-order valence-corrected chi connectivity index (χ4v) is 4.03. The second-order valence-corrected chi connectivity index (χ2v) is 8.09. The molecular formula is C23H20N4O5S. The fourth-order valence-electron chi connectivity index (χ4n) is 3.34. The van der Waals surface area contributed by atoms with Crippen molar-refractivity contribution >= 4 is 39.9 Å². The first-order valence-electron chi connectivity index (χ1n) is 10.2. The molecule has 0 spiro atoms. The zero-order chi connectivity index (χ0) is 23.4. The molecule has 0 bridgehead atoms. The molecule has 0 unspecified atom stereocenters. The summed E-state index contributed by atoms with van der Waals surface area (Å²) in [5.74, 6) is -0.915. The van der Waals surface area contributed by atoms with E-state index >= 15 is 0 Å². The lowest BCUT2D eigenvalue weighted by Crippen LogP contribution is -2.42. The highest BCUT2D eigenvalue weighted by atomic mass is 32.1. The third-order valence-electron chi connectivity index (χ3n) is 4.86. The van der Waals surface area contributed by atoms with Crippen molar-refractivity contribution in [3.05, 3.63) is 91.4 Å². The highest BCUT2D eigenvalue weighted by Crippen LogP contribution is 2.12. The normalized spacial score (nSPS) is 10.8. The number of amides is 1. The van der Waals surface area contributed by atoms with Crippen LogP contribution in [0.15, 0.2) is 69.7 Å². The maximum absolute atomic E-state index is 13.2. The number of thiophene rings is 1. The molecule has 1 N–H and O–H groups in total. The van der Waals surface area contributed by atoms with E-state index < -0.39 is 23.1 Å². The summed E-state index contributed by atoms with van der Waals surface area (Å²) in [6.45, 7) is 1.77. The van der Waals surface area contributed by atoms with Crippen LogP contribution in [0.3, 0.4) is 0 Å². The van der Waals surface area contributed by atoms with Gasteiger partial charge in [-0.15, -0.1) is 11.3 Å². The quantitative estimate of drug-likeness (QED) is 0.421. The van der Waals surface area contributed by atoms with Crippen LogP contribution in [0.4, 0.5) is 5.69 Å². The van der Waals surface area contributed by atoms with Gasteiger partial charge in [-0.25, -0.2) is 14.6 Å². The van der Waals surface area contributed by atoms with E-state index in [1.807, 2.05) is 17.5 Å². The topological polar surface area (TPSA) is 112 Å². The van der Waals surface area contributed by atoms with E-state index in [0.717, 1.165) is 9.44 Å². The van der Waals surface area contributed by atoms with Gasteiger partial charge < -0.3 is 10.1 Å². The van der Waals surface area contributed by atoms with E-state index in [1.165, 1.54) is 22.1 Å². The van der Waals surface area contributed by atoms with E-state index in [2.05, 4.69) is 10.3 Å². The third-order valence-corrected chi connectivity index (χ3v) is 5.72. The minimum atomic E-state index is -0.596. The van der Waals surface area contributed by atoms with Gasteiger partial charge in [0.15, 0.2) is 5.52 Å². The molecule has 168 valence electrons. The van der Waals surface area contributed by atoms with Gasteiger partial charge >= 0.3 is 11.7 Å². The number of nitrogens with one attached hydrogen (secondary N) is 1. The maximum atomic E-state index is 13.2. The van der Waals surface area contributed by atoms with E-state index in [1.54, 1.807) is 43.3 Å². The summed E-state index contributed by atoms with van der Waals surface area (Å²) in [6.07, 6.45) is 1.47. The van der Waals surface area contributed by atoms with E-state index in [0.29, 0.717) is 11.3 Å². The molecule has 0 saturated carbocycles. The Morgan fingerprint density at radius 3 is 2.55 bits per heavy atom. The van der Waals surface area contributed by atoms with Crippen molar-refractivity contribution in [2.24, 2.45) is 0 Å². The zero-order valence-electron chi connectivity index (χ0n) is 17.7. The fraction of sp³-hybridized carbons (Fsp3) is 0.174. The predicted molar refractivity (Wildman–Crippen MR) is 125 cm³/mol. The number of fused-ring (bicyclic) bond motifs is 1. The molecule has 0 aliphatic rings. The number of pyridine rings is 1. The molecule has 0 saturated heterocycles. The number of esters is 1. The number of carbonyl (C=O) groups excluding carboxylic acids is 2. The Hall–Kier alpha value is -4.05. The lowest BCUT2D eigenvalue weighted by Gasteiger charge is -2.13. The van der Waals surface area contributed by atoms with Crippen LogP contribution >= 0.6 is 11.3 Å². The number of hydrogen-bond acceptors (Lipinski definition) is 7. The van der Waals surface area contributed by atoms with Crippen molar-refractivity contribution in [2.45, 2.75) is 20.0 Å². The summed E-state index contributed by atoms with van der Waals surface area (Å²) >= 11 is 1.43. The zero-order valence-corrected chi connectivity index (χ0v) is 18.5. The highest BCUT2D eigenvalue weighted by Gasteiger charge is 2.17. The number of anilines is 1. The van der Waals surface area contributed by atoms with Gasteiger partial charge in [0.25, 0.3) is 5.56 Å². The van der Waals surface area contributed by atoms with Gasteiger partial charge in [-0.1, -0.05) is 6.07 Å². The molecule has 3 aromatic heterocycles. The van der Waals surface area contributed by atoms with E-state index in [-0.39, 0.29) is 30.7 Å².